The Labute approximate surface area is 175 Å². The van der Waals surface area contributed by atoms with Crippen molar-refractivity contribution in [1.82, 2.24) is 4.98 Å². The molecular weight excluding hydrogens is 389 g/mol. The SMILES string of the molecule is C=CC[C@]1(c2oc([C@@H](N)C(C)(C)C)nc2C(=O)OC)c2cc(F)ccc2N[C@@H]1OC. The van der Waals surface area contributed by atoms with E-state index in [1.165, 1.54) is 26.4 Å². The van der Waals surface area contributed by atoms with Crippen LogP contribution in [0, 0.1) is 11.2 Å². The number of ether oxygens (including phenoxy) is 2. The molecule has 0 unspecified atom stereocenters. The van der Waals surface area contributed by atoms with E-state index < -0.39 is 29.5 Å². The van der Waals surface area contributed by atoms with Gasteiger partial charge >= 0.3 is 5.97 Å². The summed E-state index contributed by atoms with van der Waals surface area (Å²) >= 11 is 0. The lowest BCUT2D eigenvalue weighted by molar-refractivity contribution is 0.0558. The molecule has 0 amide bonds. The van der Waals surface area contributed by atoms with Gasteiger partial charge in [-0.1, -0.05) is 26.8 Å². The molecule has 3 N–H and O–H groups in total. The summed E-state index contributed by atoms with van der Waals surface area (Å²) in [5.74, 6) is -0.704. The molecule has 3 atom stereocenters. The summed E-state index contributed by atoms with van der Waals surface area (Å²) in [6.45, 7) is 9.68. The molecule has 1 aromatic heterocycles. The number of carbonyl (C=O) groups excluding carboxylic acids is 1. The average Bonchev–Trinajstić information content (AvgIpc) is 3.26. The fraction of sp³-hybridized carbons (Fsp3) is 0.455. The Kier molecular flexibility index (Phi) is 5.75. The number of fused-ring (bicyclic) bond motifs is 1. The summed E-state index contributed by atoms with van der Waals surface area (Å²) in [5, 5.41) is 3.23. The Balaban J connectivity index is 2.34. The summed E-state index contributed by atoms with van der Waals surface area (Å²) in [4.78, 5) is 17.1. The number of aromatic nitrogens is 1. The molecule has 2 heterocycles. The summed E-state index contributed by atoms with van der Waals surface area (Å²) in [7, 11) is 2.78. The number of hydrogen-bond donors (Lipinski definition) is 2. The highest BCUT2D eigenvalue weighted by molar-refractivity contribution is 5.89. The number of oxazole rings is 1. The van der Waals surface area contributed by atoms with Gasteiger partial charge in [-0.2, -0.15) is 0 Å². The fourth-order valence-electron chi connectivity index (χ4n) is 3.83. The minimum absolute atomic E-state index is 0.0185. The van der Waals surface area contributed by atoms with E-state index in [1.807, 2.05) is 20.8 Å². The van der Waals surface area contributed by atoms with Gasteiger partial charge in [0.25, 0.3) is 0 Å². The quantitative estimate of drug-likeness (QED) is 0.543. The van der Waals surface area contributed by atoms with E-state index in [9.17, 15) is 9.18 Å². The second kappa shape index (κ2) is 7.85. The third kappa shape index (κ3) is 3.40. The lowest BCUT2D eigenvalue weighted by atomic mass is 9.74. The molecule has 0 radical (unpaired) electrons. The number of methoxy groups -OCH3 is 2. The zero-order chi connectivity index (χ0) is 22.3. The topological polar surface area (TPSA) is 99.6 Å². The molecule has 7 nitrogen and oxygen atoms in total. The lowest BCUT2D eigenvalue weighted by Crippen LogP contribution is -2.42. The van der Waals surface area contributed by atoms with Crippen molar-refractivity contribution >= 4 is 11.7 Å². The summed E-state index contributed by atoms with van der Waals surface area (Å²) in [6, 6.07) is 3.79. The molecule has 8 heteroatoms. The summed E-state index contributed by atoms with van der Waals surface area (Å²) in [5.41, 5.74) is 6.11. The first-order chi connectivity index (χ1) is 14.1. The molecule has 0 saturated heterocycles. The molecule has 0 saturated carbocycles. The Bertz CT molecular complexity index is 966. The predicted octanol–water partition coefficient (Wildman–Crippen LogP) is 3.91. The van der Waals surface area contributed by atoms with E-state index >= 15 is 0 Å². The highest BCUT2D eigenvalue weighted by Crippen LogP contribution is 2.51. The van der Waals surface area contributed by atoms with Gasteiger partial charge in [0.2, 0.25) is 5.89 Å². The van der Waals surface area contributed by atoms with Gasteiger partial charge in [-0.05, 0) is 35.6 Å². The minimum atomic E-state index is -1.10. The number of esters is 1. The van der Waals surface area contributed by atoms with Gasteiger partial charge in [-0.15, -0.1) is 6.58 Å². The molecule has 1 aliphatic rings. The van der Waals surface area contributed by atoms with Crippen LogP contribution in [-0.2, 0) is 14.9 Å². The number of benzene rings is 1. The number of nitrogens with one attached hydrogen (secondary N) is 1. The minimum Gasteiger partial charge on any atom is -0.464 e. The molecule has 30 heavy (non-hydrogen) atoms. The zero-order valence-corrected chi connectivity index (χ0v) is 17.9. The number of nitrogens with two attached hydrogens (primary N) is 1. The lowest BCUT2D eigenvalue weighted by Gasteiger charge is -2.32. The van der Waals surface area contributed by atoms with Gasteiger partial charge in [0, 0.05) is 12.8 Å². The Morgan fingerprint density at radius 2 is 2.17 bits per heavy atom. The van der Waals surface area contributed by atoms with Crippen molar-refractivity contribution in [2.75, 3.05) is 19.5 Å². The van der Waals surface area contributed by atoms with Crippen molar-refractivity contribution in [3.05, 3.63) is 59.6 Å². The number of rotatable bonds is 6. The van der Waals surface area contributed by atoms with Crippen LogP contribution in [0.15, 0.2) is 35.3 Å². The molecule has 0 bridgehead atoms. The maximum Gasteiger partial charge on any atom is 0.360 e. The van der Waals surface area contributed by atoms with Gasteiger partial charge in [0.15, 0.2) is 11.5 Å². The van der Waals surface area contributed by atoms with E-state index in [4.69, 9.17) is 19.6 Å². The summed E-state index contributed by atoms with van der Waals surface area (Å²) in [6.07, 6.45) is 1.29. The normalized spacial score (nSPS) is 21.6. The van der Waals surface area contributed by atoms with Crippen LogP contribution in [0.4, 0.5) is 10.1 Å². The molecule has 162 valence electrons. The number of carbonyl (C=O) groups is 1. The van der Waals surface area contributed by atoms with Crippen LogP contribution in [0.25, 0.3) is 0 Å². The average molecular weight is 417 g/mol. The van der Waals surface area contributed by atoms with E-state index in [-0.39, 0.29) is 22.8 Å². The zero-order valence-electron chi connectivity index (χ0n) is 17.9. The molecular formula is C22H28FN3O4. The van der Waals surface area contributed by atoms with Crippen molar-refractivity contribution in [2.45, 2.75) is 44.9 Å². The van der Waals surface area contributed by atoms with E-state index in [0.29, 0.717) is 17.7 Å². The Morgan fingerprint density at radius 3 is 2.73 bits per heavy atom. The van der Waals surface area contributed by atoms with Crippen LogP contribution >= 0.6 is 0 Å². The third-order valence-corrected chi connectivity index (χ3v) is 5.53. The van der Waals surface area contributed by atoms with Crippen LogP contribution in [0.5, 0.6) is 0 Å². The number of halogens is 1. The highest BCUT2D eigenvalue weighted by Gasteiger charge is 2.53. The second-order valence-electron chi connectivity index (χ2n) is 8.48. The van der Waals surface area contributed by atoms with Crippen molar-refractivity contribution in [2.24, 2.45) is 11.1 Å². The van der Waals surface area contributed by atoms with Gasteiger partial charge in [-0.25, -0.2) is 14.2 Å². The van der Waals surface area contributed by atoms with Crippen LogP contribution in [0.3, 0.4) is 0 Å². The first-order valence-corrected chi connectivity index (χ1v) is 9.65. The van der Waals surface area contributed by atoms with Gasteiger partial charge in [-0.3, -0.25) is 0 Å². The predicted molar refractivity (Wildman–Crippen MR) is 111 cm³/mol. The maximum absolute atomic E-state index is 14.3. The maximum atomic E-state index is 14.3. The number of hydrogen-bond acceptors (Lipinski definition) is 7. The smallest absolute Gasteiger partial charge is 0.360 e. The van der Waals surface area contributed by atoms with E-state index in [0.717, 1.165) is 0 Å². The van der Waals surface area contributed by atoms with E-state index in [1.54, 1.807) is 12.1 Å². The van der Waals surface area contributed by atoms with Gasteiger partial charge in [0.05, 0.1) is 13.2 Å². The Morgan fingerprint density at radius 1 is 1.47 bits per heavy atom. The number of allylic oxidation sites excluding steroid dienone is 1. The Hall–Kier alpha value is -2.71. The molecule has 1 aromatic carbocycles. The first kappa shape index (κ1) is 22.0. The molecule has 1 aliphatic heterocycles. The molecule has 0 fully saturated rings. The van der Waals surface area contributed by atoms with Crippen LogP contribution in [-0.4, -0.2) is 31.4 Å². The third-order valence-electron chi connectivity index (χ3n) is 5.53. The first-order valence-electron chi connectivity index (χ1n) is 9.65. The number of anilines is 1. The van der Waals surface area contributed by atoms with Crippen LogP contribution < -0.4 is 11.1 Å². The fourth-order valence-corrected chi connectivity index (χ4v) is 3.83. The van der Waals surface area contributed by atoms with Crippen molar-refractivity contribution < 1.29 is 23.1 Å². The number of nitrogens with zero attached hydrogens (tertiary/aromatic N) is 1. The largest absolute Gasteiger partial charge is 0.464 e. The molecule has 2 aromatic rings. The molecule has 0 aliphatic carbocycles. The van der Waals surface area contributed by atoms with Crippen molar-refractivity contribution in [3.63, 3.8) is 0 Å². The monoisotopic (exact) mass is 417 g/mol. The molecule has 3 rings (SSSR count). The second-order valence-corrected chi connectivity index (χ2v) is 8.48. The van der Waals surface area contributed by atoms with Gasteiger partial charge < -0.3 is 24.9 Å². The van der Waals surface area contributed by atoms with Crippen molar-refractivity contribution in [3.8, 4) is 0 Å². The molecule has 0 spiro atoms. The van der Waals surface area contributed by atoms with Crippen molar-refractivity contribution in [1.29, 1.82) is 0 Å². The standard InChI is InChI=1S/C22H28FN3O4/c1-7-10-22(13-11-12(23)8-9-14(13)25-20(22)29-6)17-15(19(27)28-5)26-18(30-17)16(24)21(2,3)4/h7-9,11,16,20,25H,1,10,24H2,2-6H3/t16-,20-,22-/m1/s1. The van der Waals surface area contributed by atoms with Crippen LogP contribution in [0.1, 0.15) is 60.9 Å². The van der Waals surface area contributed by atoms with Gasteiger partial charge in [0.1, 0.15) is 17.5 Å². The summed E-state index contributed by atoms with van der Waals surface area (Å²) < 4.78 is 31.1. The van der Waals surface area contributed by atoms with Crippen LogP contribution in [0.2, 0.25) is 0 Å². The van der Waals surface area contributed by atoms with E-state index in [2.05, 4.69) is 16.9 Å². The highest BCUT2D eigenvalue weighted by atomic mass is 19.1.